The molecule has 0 saturated heterocycles. The monoisotopic (exact) mass is 248 g/mol. The van der Waals surface area contributed by atoms with E-state index >= 15 is 0 Å². The fraction of sp³-hybridized carbons (Fsp3) is 0.125. The number of carbonyl (C=O) groups is 1. The van der Waals surface area contributed by atoms with Crippen LogP contribution in [0.15, 0.2) is 23.1 Å². The number of rotatable bonds is 2. The number of nitrogens with one attached hydrogen (secondary N) is 1. The van der Waals surface area contributed by atoms with Gasteiger partial charge >= 0.3 is 0 Å². The van der Waals surface area contributed by atoms with Gasteiger partial charge in [0.25, 0.3) is 10.0 Å². The second kappa shape index (κ2) is 4.08. The number of nitrogens with two attached hydrogens (primary N) is 1. The number of sulfonamides is 1. The fourth-order valence-corrected chi connectivity index (χ4v) is 2.18. The number of benzene rings is 1. The minimum absolute atomic E-state index is 0.100. The lowest BCUT2D eigenvalue weighted by Gasteiger charge is -2.05. The highest BCUT2D eigenvalue weighted by Gasteiger charge is 2.16. The Hall–Kier alpha value is -1.27. The Morgan fingerprint density at radius 3 is 2.53 bits per heavy atom. The summed E-state index contributed by atoms with van der Waals surface area (Å²) in [7, 11) is -3.84. The van der Waals surface area contributed by atoms with E-state index in [-0.39, 0.29) is 15.6 Å². The van der Waals surface area contributed by atoms with Gasteiger partial charge in [0, 0.05) is 6.92 Å². The van der Waals surface area contributed by atoms with Gasteiger partial charge in [-0.15, -0.1) is 0 Å². The van der Waals surface area contributed by atoms with Gasteiger partial charge in [0.05, 0.1) is 15.6 Å². The molecular weight excluding hydrogens is 240 g/mol. The smallest absolute Gasteiger partial charge is 0.264 e. The Labute approximate surface area is 92.3 Å². The highest BCUT2D eigenvalue weighted by molar-refractivity contribution is 7.90. The van der Waals surface area contributed by atoms with E-state index in [4.69, 9.17) is 17.3 Å². The van der Waals surface area contributed by atoms with Crippen molar-refractivity contribution in [2.75, 3.05) is 5.73 Å². The van der Waals surface area contributed by atoms with E-state index < -0.39 is 15.9 Å². The van der Waals surface area contributed by atoms with Crippen molar-refractivity contribution in [1.82, 2.24) is 4.72 Å². The number of halogens is 1. The van der Waals surface area contributed by atoms with Crippen molar-refractivity contribution in [1.29, 1.82) is 0 Å². The summed E-state index contributed by atoms with van der Waals surface area (Å²) >= 11 is 5.65. The summed E-state index contributed by atoms with van der Waals surface area (Å²) in [5.74, 6) is -0.664. The van der Waals surface area contributed by atoms with Crippen molar-refractivity contribution >= 4 is 33.2 Å². The van der Waals surface area contributed by atoms with Gasteiger partial charge in [-0.1, -0.05) is 11.6 Å². The summed E-state index contributed by atoms with van der Waals surface area (Å²) in [4.78, 5) is 10.5. The lowest BCUT2D eigenvalue weighted by Crippen LogP contribution is -2.28. The third-order valence-corrected chi connectivity index (χ3v) is 3.32. The Balaban J connectivity index is 3.17. The molecule has 0 fully saturated rings. The summed E-state index contributed by atoms with van der Waals surface area (Å²) < 4.78 is 24.8. The zero-order valence-electron chi connectivity index (χ0n) is 7.82. The third kappa shape index (κ3) is 2.84. The van der Waals surface area contributed by atoms with E-state index in [1.165, 1.54) is 18.2 Å². The van der Waals surface area contributed by atoms with E-state index in [9.17, 15) is 13.2 Å². The van der Waals surface area contributed by atoms with Crippen LogP contribution < -0.4 is 10.5 Å². The normalized spacial score (nSPS) is 11.1. The van der Waals surface area contributed by atoms with Crippen LogP contribution in [0.2, 0.25) is 5.02 Å². The molecule has 3 N–H and O–H groups in total. The summed E-state index contributed by atoms with van der Waals surface area (Å²) in [6, 6.07) is 3.81. The predicted octanol–water partition coefficient (Wildman–Crippen LogP) is 0.747. The Bertz CT molecular complexity index is 499. The molecular formula is C8H9ClN2O3S. The van der Waals surface area contributed by atoms with Gasteiger partial charge < -0.3 is 5.73 Å². The van der Waals surface area contributed by atoms with E-state index in [1.807, 2.05) is 4.72 Å². The lowest BCUT2D eigenvalue weighted by molar-refractivity contribution is -0.117. The molecule has 0 unspecified atom stereocenters. The van der Waals surface area contributed by atoms with Gasteiger partial charge in [0.15, 0.2) is 0 Å². The lowest BCUT2D eigenvalue weighted by atomic mass is 10.3. The first-order valence-corrected chi connectivity index (χ1v) is 5.77. The van der Waals surface area contributed by atoms with Crippen LogP contribution >= 0.6 is 11.6 Å². The molecule has 0 spiro atoms. The van der Waals surface area contributed by atoms with Gasteiger partial charge in [-0.2, -0.15) is 0 Å². The van der Waals surface area contributed by atoms with Crippen LogP contribution in [0.5, 0.6) is 0 Å². The number of nitrogen functional groups attached to an aromatic ring is 1. The van der Waals surface area contributed by atoms with Crippen molar-refractivity contribution in [2.45, 2.75) is 11.8 Å². The van der Waals surface area contributed by atoms with Gasteiger partial charge in [0.2, 0.25) is 5.91 Å². The molecule has 82 valence electrons. The van der Waals surface area contributed by atoms with Crippen molar-refractivity contribution in [3.8, 4) is 0 Å². The molecule has 1 aromatic rings. The predicted molar refractivity (Wildman–Crippen MR) is 56.9 cm³/mol. The molecule has 1 amide bonds. The summed E-state index contributed by atoms with van der Waals surface area (Å²) in [5.41, 5.74) is 5.70. The van der Waals surface area contributed by atoms with Crippen LogP contribution in [-0.2, 0) is 14.8 Å². The summed E-state index contributed by atoms with van der Waals surface area (Å²) in [5, 5.41) is 0.126. The van der Waals surface area contributed by atoms with E-state index in [1.54, 1.807) is 0 Å². The van der Waals surface area contributed by atoms with E-state index in [2.05, 4.69) is 0 Å². The summed E-state index contributed by atoms with van der Waals surface area (Å²) in [6.07, 6.45) is 0. The van der Waals surface area contributed by atoms with E-state index in [0.29, 0.717) is 0 Å². The SMILES string of the molecule is CC(=O)NS(=O)(=O)c1ccc(N)c(Cl)c1. The average Bonchev–Trinajstić information content (AvgIpc) is 2.07. The first kappa shape index (κ1) is 11.8. The molecule has 1 rings (SSSR count). The zero-order chi connectivity index (χ0) is 11.6. The number of anilines is 1. The molecule has 7 heteroatoms. The second-order valence-electron chi connectivity index (χ2n) is 2.85. The number of carbonyl (C=O) groups excluding carboxylic acids is 1. The Kier molecular flexibility index (Phi) is 3.21. The molecule has 15 heavy (non-hydrogen) atoms. The molecule has 5 nitrogen and oxygen atoms in total. The van der Waals surface area contributed by atoms with Crippen LogP contribution in [0, 0.1) is 0 Å². The van der Waals surface area contributed by atoms with Crippen LogP contribution in [-0.4, -0.2) is 14.3 Å². The van der Waals surface area contributed by atoms with Gasteiger partial charge in [-0.3, -0.25) is 4.79 Å². The molecule has 0 aliphatic heterocycles. The topological polar surface area (TPSA) is 89.3 Å². The molecule has 0 atom stereocenters. The molecule has 0 heterocycles. The van der Waals surface area contributed by atoms with Crippen molar-refractivity contribution in [3.63, 3.8) is 0 Å². The molecule has 0 saturated carbocycles. The zero-order valence-corrected chi connectivity index (χ0v) is 9.39. The summed E-state index contributed by atoms with van der Waals surface area (Å²) in [6.45, 7) is 1.11. The minimum atomic E-state index is -3.84. The van der Waals surface area contributed by atoms with Crippen LogP contribution in [0.3, 0.4) is 0 Å². The van der Waals surface area contributed by atoms with Gasteiger partial charge in [0.1, 0.15) is 0 Å². The van der Waals surface area contributed by atoms with Crippen molar-refractivity contribution in [2.24, 2.45) is 0 Å². The Morgan fingerprint density at radius 1 is 1.47 bits per heavy atom. The van der Waals surface area contributed by atoms with Crippen molar-refractivity contribution < 1.29 is 13.2 Å². The maximum atomic E-state index is 11.5. The number of amides is 1. The average molecular weight is 249 g/mol. The second-order valence-corrected chi connectivity index (χ2v) is 4.93. The van der Waals surface area contributed by atoms with Crippen molar-refractivity contribution in [3.05, 3.63) is 23.2 Å². The Morgan fingerprint density at radius 2 is 2.07 bits per heavy atom. The van der Waals surface area contributed by atoms with Crippen LogP contribution in [0.25, 0.3) is 0 Å². The van der Waals surface area contributed by atoms with Gasteiger partial charge in [-0.25, -0.2) is 13.1 Å². The highest BCUT2D eigenvalue weighted by atomic mass is 35.5. The standard InChI is InChI=1S/C8H9ClN2O3S/c1-5(12)11-15(13,14)6-2-3-8(10)7(9)4-6/h2-4H,10H2,1H3,(H,11,12). The fourth-order valence-electron chi connectivity index (χ4n) is 0.923. The molecule has 0 aliphatic rings. The third-order valence-electron chi connectivity index (χ3n) is 1.56. The molecule has 0 aromatic heterocycles. The van der Waals surface area contributed by atoms with Crippen LogP contribution in [0.4, 0.5) is 5.69 Å². The van der Waals surface area contributed by atoms with Gasteiger partial charge in [-0.05, 0) is 18.2 Å². The molecule has 0 radical (unpaired) electrons. The molecule has 0 bridgehead atoms. The number of hydrogen-bond donors (Lipinski definition) is 2. The maximum Gasteiger partial charge on any atom is 0.264 e. The first-order chi connectivity index (χ1) is 6.83. The highest BCUT2D eigenvalue weighted by Crippen LogP contribution is 2.22. The van der Waals surface area contributed by atoms with E-state index in [0.717, 1.165) is 6.92 Å². The molecule has 0 aliphatic carbocycles. The van der Waals surface area contributed by atoms with Crippen LogP contribution in [0.1, 0.15) is 6.92 Å². The quantitative estimate of drug-likeness (QED) is 0.756. The first-order valence-electron chi connectivity index (χ1n) is 3.91. The largest absolute Gasteiger partial charge is 0.398 e. The minimum Gasteiger partial charge on any atom is -0.398 e. The number of hydrogen-bond acceptors (Lipinski definition) is 4. The maximum absolute atomic E-state index is 11.5. The molecule has 1 aromatic carbocycles.